The Morgan fingerprint density at radius 2 is 1.94 bits per heavy atom. The Morgan fingerprint density at radius 1 is 1.24 bits per heavy atom. The lowest BCUT2D eigenvalue weighted by atomic mass is 9.94. The number of rotatable bonds is 4. The third-order valence-corrected chi connectivity index (χ3v) is 3.84. The van der Waals surface area contributed by atoms with E-state index in [0.717, 1.165) is 4.88 Å². The van der Waals surface area contributed by atoms with Gasteiger partial charge in [0.2, 0.25) is 0 Å². The quantitative estimate of drug-likeness (QED) is 0.727. The topological polar surface area (TPSA) is 17.1 Å². The molecule has 0 aliphatic heterocycles. The van der Waals surface area contributed by atoms with Gasteiger partial charge in [-0.05, 0) is 29.9 Å². The highest BCUT2D eigenvalue weighted by Crippen LogP contribution is 2.23. The van der Waals surface area contributed by atoms with Crippen LogP contribution in [0.2, 0.25) is 0 Å². The first-order valence-corrected chi connectivity index (χ1v) is 6.68. The summed E-state index contributed by atoms with van der Waals surface area (Å²) in [4.78, 5) is 12.8. The van der Waals surface area contributed by atoms with Crippen molar-refractivity contribution in [3.8, 4) is 0 Å². The molecule has 0 aliphatic rings. The molecule has 0 N–H and O–H groups in total. The van der Waals surface area contributed by atoms with Gasteiger partial charge in [-0.3, -0.25) is 4.79 Å². The third-order valence-electron chi connectivity index (χ3n) is 2.93. The summed E-state index contributed by atoms with van der Waals surface area (Å²) in [6.45, 7) is 4.18. The van der Waals surface area contributed by atoms with E-state index in [1.807, 2.05) is 17.5 Å². The van der Waals surface area contributed by atoms with Gasteiger partial charge in [-0.15, -0.1) is 11.3 Å². The van der Waals surface area contributed by atoms with E-state index in [1.54, 1.807) is 0 Å². The molecule has 0 aliphatic carbocycles. The van der Waals surface area contributed by atoms with Gasteiger partial charge in [-0.2, -0.15) is 0 Å². The average molecular weight is 244 g/mol. The molecule has 0 saturated heterocycles. The van der Waals surface area contributed by atoms with Crippen LogP contribution in [0.15, 0.2) is 41.8 Å². The number of aryl methyl sites for hydroxylation is 1. The summed E-state index contributed by atoms with van der Waals surface area (Å²) in [6, 6.07) is 12.2. The van der Waals surface area contributed by atoms with E-state index in [2.05, 4.69) is 38.1 Å². The molecule has 0 bridgehead atoms. The number of Topliss-reactive ketones (excluding diaryl/α,β-unsaturated/α-hetero) is 1. The van der Waals surface area contributed by atoms with Crippen molar-refractivity contribution in [2.45, 2.75) is 26.2 Å². The molecular weight excluding hydrogens is 228 g/mol. The number of carbonyl (C=O) groups excluding carboxylic acids is 1. The zero-order valence-corrected chi connectivity index (χ0v) is 11.0. The molecule has 0 fully saturated rings. The fraction of sp³-hybridized carbons (Fsp3) is 0.267. The van der Waals surface area contributed by atoms with Crippen LogP contribution < -0.4 is 0 Å². The molecule has 1 heterocycles. The molecule has 0 saturated carbocycles. The minimum atomic E-state index is 0.244. The SMILES string of the molecule is Cc1ccc([C@@H](C)CC(=O)c2cccs2)cc1. The van der Waals surface area contributed by atoms with Crippen LogP contribution in [-0.4, -0.2) is 5.78 Å². The van der Waals surface area contributed by atoms with Crippen molar-refractivity contribution in [2.75, 3.05) is 0 Å². The largest absolute Gasteiger partial charge is 0.293 e. The predicted octanol–water partition coefficient (Wildman–Crippen LogP) is 4.43. The van der Waals surface area contributed by atoms with E-state index in [9.17, 15) is 4.79 Å². The lowest BCUT2D eigenvalue weighted by Crippen LogP contribution is -2.03. The van der Waals surface area contributed by atoms with Crippen molar-refractivity contribution in [2.24, 2.45) is 0 Å². The van der Waals surface area contributed by atoms with Crippen LogP contribution in [0.5, 0.6) is 0 Å². The number of ketones is 1. The normalized spacial score (nSPS) is 12.4. The molecule has 1 nitrogen and oxygen atoms in total. The number of thiophene rings is 1. The fourth-order valence-corrected chi connectivity index (χ4v) is 2.50. The van der Waals surface area contributed by atoms with Crippen molar-refractivity contribution < 1.29 is 4.79 Å². The molecule has 2 rings (SSSR count). The number of hydrogen-bond acceptors (Lipinski definition) is 2. The van der Waals surface area contributed by atoms with Crippen molar-refractivity contribution in [3.63, 3.8) is 0 Å². The van der Waals surface area contributed by atoms with Crippen molar-refractivity contribution in [3.05, 3.63) is 57.8 Å². The van der Waals surface area contributed by atoms with E-state index < -0.39 is 0 Å². The standard InChI is InChI=1S/C15H16OS/c1-11-5-7-13(8-6-11)12(2)10-14(16)15-4-3-9-17-15/h3-9,12H,10H2,1-2H3/t12-/m0/s1. The molecule has 1 atom stereocenters. The Bertz CT molecular complexity index is 482. The maximum Gasteiger partial charge on any atom is 0.173 e. The van der Waals surface area contributed by atoms with Crippen LogP contribution in [0.3, 0.4) is 0 Å². The van der Waals surface area contributed by atoms with Crippen LogP contribution in [0, 0.1) is 6.92 Å². The van der Waals surface area contributed by atoms with E-state index in [-0.39, 0.29) is 11.7 Å². The second-order valence-electron chi connectivity index (χ2n) is 4.42. The van der Waals surface area contributed by atoms with Crippen LogP contribution in [-0.2, 0) is 0 Å². The Balaban J connectivity index is 2.04. The predicted molar refractivity (Wildman–Crippen MR) is 72.9 cm³/mol. The fourth-order valence-electron chi connectivity index (χ4n) is 1.83. The van der Waals surface area contributed by atoms with Crippen LogP contribution in [0.25, 0.3) is 0 Å². The average Bonchev–Trinajstić information content (AvgIpc) is 2.83. The van der Waals surface area contributed by atoms with Gasteiger partial charge in [0, 0.05) is 6.42 Å². The Labute approximate surface area is 106 Å². The molecule has 0 radical (unpaired) electrons. The first-order chi connectivity index (χ1) is 8.16. The zero-order valence-electron chi connectivity index (χ0n) is 10.1. The maximum atomic E-state index is 12.0. The Morgan fingerprint density at radius 3 is 2.53 bits per heavy atom. The van der Waals surface area contributed by atoms with Gasteiger partial charge in [0.05, 0.1) is 4.88 Å². The maximum absolute atomic E-state index is 12.0. The second-order valence-corrected chi connectivity index (χ2v) is 5.36. The van der Waals surface area contributed by atoms with Gasteiger partial charge >= 0.3 is 0 Å². The summed E-state index contributed by atoms with van der Waals surface area (Å²) in [5.74, 6) is 0.526. The first kappa shape index (κ1) is 12.1. The molecular formula is C15H16OS. The molecule has 2 heteroatoms. The van der Waals surface area contributed by atoms with E-state index >= 15 is 0 Å². The lowest BCUT2D eigenvalue weighted by molar-refractivity contribution is 0.0979. The molecule has 1 aromatic heterocycles. The van der Waals surface area contributed by atoms with Gasteiger partial charge in [0.25, 0.3) is 0 Å². The van der Waals surface area contributed by atoms with Crippen molar-refractivity contribution in [1.29, 1.82) is 0 Å². The molecule has 1 aromatic carbocycles. The smallest absolute Gasteiger partial charge is 0.173 e. The lowest BCUT2D eigenvalue weighted by Gasteiger charge is -2.10. The monoisotopic (exact) mass is 244 g/mol. The molecule has 17 heavy (non-hydrogen) atoms. The summed E-state index contributed by atoms with van der Waals surface area (Å²) in [6.07, 6.45) is 0.587. The van der Waals surface area contributed by atoms with Crippen LogP contribution >= 0.6 is 11.3 Å². The Hall–Kier alpha value is -1.41. The summed E-state index contributed by atoms with van der Waals surface area (Å²) in [5.41, 5.74) is 2.49. The van der Waals surface area contributed by atoms with Gasteiger partial charge in [0.15, 0.2) is 5.78 Å². The minimum absolute atomic E-state index is 0.244. The highest BCUT2D eigenvalue weighted by atomic mass is 32.1. The molecule has 0 unspecified atom stereocenters. The highest BCUT2D eigenvalue weighted by molar-refractivity contribution is 7.12. The van der Waals surface area contributed by atoms with Gasteiger partial charge in [0.1, 0.15) is 0 Å². The number of benzene rings is 1. The number of carbonyl (C=O) groups is 1. The summed E-state index contributed by atoms with van der Waals surface area (Å²) >= 11 is 1.52. The number of hydrogen-bond donors (Lipinski definition) is 0. The molecule has 2 aromatic rings. The summed E-state index contributed by atoms with van der Waals surface area (Å²) in [7, 11) is 0. The highest BCUT2D eigenvalue weighted by Gasteiger charge is 2.13. The van der Waals surface area contributed by atoms with E-state index in [4.69, 9.17) is 0 Å². The Kier molecular flexibility index (Phi) is 3.75. The van der Waals surface area contributed by atoms with Gasteiger partial charge in [-0.1, -0.05) is 42.8 Å². The van der Waals surface area contributed by atoms with Gasteiger partial charge in [-0.25, -0.2) is 0 Å². The minimum Gasteiger partial charge on any atom is -0.293 e. The third kappa shape index (κ3) is 3.04. The van der Waals surface area contributed by atoms with Gasteiger partial charge < -0.3 is 0 Å². The molecule has 0 amide bonds. The summed E-state index contributed by atoms with van der Waals surface area (Å²) < 4.78 is 0. The van der Waals surface area contributed by atoms with Crippen LogP contribution in [0.1, 0.15) is 40.1 Å². The van der Waals surface area contributed by atoms with E-state index in [0.29, 0.717) is 6.42 Å². The van der Waals surface area contributed by atoms with Crippen LogP contribution in [0.4, 0.5) is 0 Å². The molecule has 0 spiro atoms. The zero-order chi connectivity index (χ0) is 12.3. The van der Waals surface area contributed by atoms with E-state index in [1.165, 1.54) is 22.5 Å². The first-order valence-electron chi connectivity index (χ1n) is 5.80. The van der Waals surface area contributed by atoms with Crippen molar-refractivity contribution >= 4 is 17.1 Å². The second kappa shape index (κ2) is 5.28. The van der Waals surface area contributed by atoms with Crippen molar-refractivity contribution in [1.82, 2.24) is 0 Å². The summed E-state index contributed by atoms with van der Waals surface area (Å²) in [5, 5.41) is 1.95. The molecule has 88 valence electrons.